The Kier molecular flexibility index (Phi) is 8.00. The van der Waals surface area contributed by atoms with Gasteiger partial charge in [0.25, 0.3) is 0 Å². The van der Waals surface area contributed by atoms with Crippen molar-refractivity contribution in [2.24, 2.45) is 0 Å². The summed E-state index contributed by atoms with van der Waals surface area (Å²) in [6.45, 7) is 0.0213. The molecule has 204 valence electrons. The summed E-state index contributed by atoms with van der Waals surface area (Å²) in [6, 6.07) is 26.1. The maximum Gasteiger partial charge on any atom is 0.435 e. The van der Waals surface area contributed by atoms with Crippen LogP contribution in [0.3, 0.4) is 0 Å². The van der Waals surface area contributed by atoms with Crippen LogP contribution in [0.4, 0.5) is 17.6 Å². The van der Waals surface area contributed by atoms with Gasteiger partial charge in [-0.1, -0.05) is 71.7 Å². The first-order chi connectivity index (χ1) is 19.2. The van der Waals surface area contributed by atoms with Gasteiger partial charge >= 0.3 is 6.18 Å². The molecule has 40 heavy (non-hydrogen) atoms. The van der Waals surface area contributed by atoms with Crippen molar-refractivity contribution in [3.63, 3.8) is 0 Å². The molecule has 0 aliphatic rings. The number of para-hydroxylation sites is 1. The van der Waals surface area contributed by atoms with Crippen molar-refractivity contribution in [1.82, 2.24) is 9.78 Å². The molecular weight excluding hydrogens is 567 g/mol. The van der Waals surface area contributed by atoms with Crippen molar-refractivity contribution in [3.8, 4) is 28.3 Å². The molecule has 5 rings (SSSR count). The molecule has 1 aromatic heterocycles. The van der Waals surface area contributed by atoms with Gasteiger partial charge in [-0.05, 0) is 53.6 Å². The number of nitrogens with zero attached hydrogens (tertiary/aromatic N) is 2. The topological polar surface area (TPSA) is 36.3 Å². The second-order valence-electron chi connectivity index (χ2n) is 8.73. The summed E-state index contributed by atoms with van der Waals surface area (Å²) in [6.07, 6.45) is -4.68. The summed E-state index contributed by atoms with van der Waals surface area (Å²) in [5.41, 5.74) is 1.47. The van der Waals surface area contributed by atoms with Crippen LogP contribution in [-0.4, -0.2) is 9.78 Å². The fraction of sp³-hybridized carbons (Fsp3) is 0.100. The molecule has 0 saturated carbocycles. The molecule has 10 heteroatoms. The molecule has 0 spiro atoms. The third-order valence-electron chi connectivity index (χ3n) is 5.96. The first-order valence-corrected chi connectivity index (χ1v) is 12.7. The smallest absolute Gasteiger partial charge is 0.435 e. The quantitative estimate of drug-likeness (QED) is 0.170. The Hall–Kier alpha value is -4.01. The SMILES string of the molecule is Fc1ccc(-c2ccc(OCc3cc(C(F)(F)F)nn3-c3c(Cl)cccc3Cl)cc2)c(OCc2ccccc2)c1. The average molecular weight is 587 g/mol. The lowest BCUT2D eigenvalue weighted by molar-refractivity contribution is -0.141. The monoisotopic (exact) mass is 586 g/mol. The number of ether oxygens (including phenoxy) is 2. The van der Waals surface area contributed by atoms with Gasteiger partial charge in [0.15, 0.2) is 5.69 Å². The Bertz CT molecular complexity index is 1600. The molecule has 0 saturated heterocycles. The molecule has 4 nitrogen and oxygen atoms in total. The highest BCUT2D eigenvalue weighted by molar-refractivity contribution is 6.37. The maximum absolute atomic E-state index is 14.0. The van der Waals surface area contributed by atoms with Gasteiger partial charge in [0.05, 0.1) is 15.7 Å². The van der Waals surface area contributed by atoms with E-state index in [1.54, 1.807) is 36.4 Å². The van der Waals surface area contributed by atoms with E-state index < -0.39 is 17.7 Å². The Morgan fingerprint density at radius 3 is 2.12 bits per heavy atom. The average Bonchev–Trinajstić information content (AvgIpc) is 3.36. The Morgan fingerprint density at radius 1 is 0.750 bits per heavy atom. The number of aromatic nitrogens is 2. The lowest BCUT2D eigenvalue weighted by Gasteiger charge is -2.14. The lowest BCUT2D eigenvalue weighted by atomic mass is 10.0. The second-order valence-corrected chi connectivity index (χ2v) is 9.54. The van der Waals surface area contributed by atoms with Crippen LogP contribution in [-0.2, 0) is 19.4 Å². The molecule has 0 fully saturated rings. The third-order valence-corrected chi connectivity index (χ3v) is 6.57. The van der Waals surface area contributed by atoms with E-state index >= 15 is 0 Å². The zero-order chi connectivity index (χ0) is 28.3. The predicted octanol–water partition coefficient (Wildman–Crippen LogP) is 9.16. The van der Waals surface area contributed by atoms with Crippen LogP contribution in [0.25, 0.3) is 16.8 Å². The molecule has 0 amide bonds. The van der Waals surface area contributed by atoms with Crippen molar-refractivity contribution in [2.75, 3.05) is 0 Å². The van der Waals surface area contributed by atoms with Crippen molar-refractivity contribution in [3.05, 3.63) is 130 Å². The minimum absolute atomic E-state index is 0.0986. The number of rotatable bonds is 8. The number of benzene rings is 4. The first kappa shape index (κ1) is 27.6. The molecule has 1 heterocycles. The molecule has 0 N–H and O–H groups in total. The molecule has 0 radical (unpaired) electrons. The van der Waals surface area contributed by atoms with Gasteiger partial charge in [0.1, 0.15) is 36.2 Å². The molecule has 0 aliphatic carbocycles. The molecule has 4 aromatic carbocycles. The largest absolute Gasteiger partial charge is 0.488 e. The van der Waals surface area contributed by atoms with Crippen molar-refractivity contribution in [2.45, 2.75) is 19.4 Å². The first-order valence-electron chi connectivity index (χ1n) is 12.0. The van der Waals surface area contributed by atoms with Gasteiger partial charge < -0.3 is 9.47 Å². The minimum Gasteiger partial charge on any atom is -0.488 e. The van der Waals surface area contributed by atoms with E-state index in [9.17, 15) is 17.6 Å². The number of halogens is 6. The fourth-order valence-corrected chi connectivity index (χ4v) is 4.58. The molecule has 0 unspecified atom stereocenters. The van der Waals surface area contributed by atoms with Crippen molar-refractivity contribution in [1.29, 1.82) is 0 Å². The number of alkyl halides is 3. The Morgan fingerprint density at radius 2 is 1.45 bits per heavy atom. The van der Waals surface area contributed by atoms with Crippen LogP contribution in [0.15, 0.2) is 97.1 Å². The van der Waals surface area contributed by atoms with Crippen LogP contribution in [0.2, 0.25) is 10.0 Å². The number of hydrogen-bond acceptors (Lipinski definition) is 3. The summed E-state index contributed by atoms with van der Waals surface area (Å²) < 4.78 is 67.1. The van der Waals surface area contributed by atoms with Gasteiger partial charge in [-0.25, -0.2) is 9.07 Å². The summed E-state index contributed by atoms with van der Waals surface area (Å²) >= 11 is 12.5. The van der Waals surface area contributed by atoms with Crippen LogP contribution in [0.1, 0.15) is 17.0 Å². The standard InChI is InChI=1S/C30H20Cl2F4N2O2/c31-25-7-4-8-26(32)29(25)38-22(16-28(37-38)30(34,35)36)18-39-23-12-9-20(10-13-23)24-14-11-21(33)15-27(24)40-17-19-5-2-1-3-6-19/h1-16H,17-18H2. The Balaban J connectivity index is 1.36. The molecule has 0 aliphatic heterocycles. The van der Waals surface area contributed by atoms with Gasteiger partial charge in [-0.2, -0.15) is 18.3 Å². The van der Waals surface area contributed by atoms with E-state index in [0.717, 1.165) is 21.9 Å². The van der Waals surface area contributed by atoms with Gasteiger partial charge in [0, 0.05) is 11.6 Å². The Labute approximate surface area is 237 Å². The van der Waals surface area contributed by atoms with Gasteiger partial charge in [-0.3, -0.25) is 0 Å². The highest BCUT2D eigenvalue weighted by atomic mass is 35.5. The van der Waals surface area contributed by atoms with Crippen LogP contribution in [0.5, 0.6) is 11.5 Å². The fourth-order valence-electron chi connectivity index (χ4n) is 4.02. The van der Waals surface area contributed by atoms with E-state index in [-0.39, 0.29) is 34.6 Å². The summed E-state index contributed by atoms with van der Waals surface area (Å²) in [4.78, 5) is 0. The molecule has 0 atom stereocenters. The molecule has 5 aromatic rings. The molecule has 0 bridgehead atoms. The normalized spacial score (nSPS) is 11.4. The van der Waals surface area contributed by atoms with Crippen LogP contribution < -0.4 is 9.47 Å². The maximum atomic E-state index is 14.0. The minimum atomic E-state index is -4.68. The van der Waals surface area contributed by atoms with Gasteiger partial charge in [-0.15, -0.1) is 0 Å². The highest BCUT2D eigenvalue weighted by Gasteiger charge is 2.35. The zero-order valence-corrected chi connectivity index (χ0v) is 22.1. The molecular formula is C30H20Cl2F4N2O2. The zero-order valence-electron chi connectivity index (χ0n) is 20.6. The lowest BCUT2D eigenvalue weighted by Crippen LogP contribution is -2.09. The van der Waals surface area contributed by atoms with E-state index in [1.165, 1.54) is 24.3 Å². The summed E-state index contributed by atoms with van der Waals surface area (Å²) in [5.74, 6) is 0.335. The van der Waals surface area contributed by atoms with E-state index in [0.29, 0.717) is 17.1 Å². The van der Waals surface area contributed by atoms with Crippen LogP contribution in [0, 0.1) is 5.82 Å². The summed E-state index contributed by atoms with van der Waals surface area (Å²) in [5, 5.41) is 3.97. The van der Waals surface area contributed by atoms with Gasteiger partial charge in [0.2, 0.25) is 0 Å². The van der Waals surface area contributed by atoms with Crippen LogP contribution >= 0.6 is 23.2 Å². The van der Waals surface area contributed by atoms with Crippen molar-refractivity contribution < 1.29 is 27.0 Å². The number of hydrogen-bond donors (Lipinski definition) is 0. The van der Waals surface area contributed by atoms with E-state index in [4.69, 9.17) is 32.7 Å². The second kappa shape index (κ2) is 11.6. The van der Waals surface area contributed by atoms with Crippen molar-refractivity contribution >= 4 is 23.2 Å². The third kappa shape index (κ3) is 6.24. The predicted molar refractivity (Wildman–Crippen MR) is 146 cm³/mol. The van der Waals surface area contributed by atoms with E-state index in [1.807, 2.05) is 30.3 Å². The highest BCUT2D eigenvalue weighted by Crippen LogP contribution is 2.35. The summed E-state index contributed by atoms with van der Waals surface area (Å²) in [7, 11) is 0. The van der Waals surface area contributed by atoms with E-state index in [2.05, 4.69) is 5.10 Å².